The van der Waals surface area contributed by atoms with Crippen molar-refractivity contribution in [2.75, 3.05) is 0 Å². The Morgan fingerprint density at radius 2 is 0.718 bits per heavy atom. The van der Waals surface area contributed by atoms with Crippen molar-refractivity contribution in [2.24, 2.45) is 5.73 Å². The highest BCUT2D eigenvalue weighted by molar-refractivity contribution is 6.29. The van der Waals surface area contributed by atoms with Gasteiger partial charge in [-0.1, -0.05) is 136 Å². The summed E-state index contributed by atoms with van der Waals surface area (Å²) >= 11 is 0. The molecule has 39 heavy (non-hydrogen) atoms. The summed E-state index contributed by atoms with van der Waals surface area (Å²) in [7, 11) is 0. The van der Waals surface area contributed by atoms with Crippen LogP contribution in [0.15, 0.2) is 0 Å². The van der Waals surface area contributed by atoms with Gasteiger partial charge in [0.1, 0.15) is 0 Å². The van der Waals surface area contributed by atoms with Gasteiger partial charge in [-0.25, -0.2) is 0 Å². The van der Waals surface area contributed by atoms with Crippen LogP contribution in [0.25, 0.3) is 0 Å². The second-order valence-electron chi connectivity index (χ2n) is 10.9. The monoisotopic (exact) mass is 556 g/mol. The maximum atomic E-state index is 13.1. The van der Waals surface area contributed by atoms with E-state index in [1.54, 1.807) is 0 Å². The zero-order chi connectivity index (χ0) is 29.8. The number of Topliss-reactive ketones (excluding diaryl/α,β-unsaturated/α-hetero) is 3. The fourth-order valence-corrected chi connectivity index (χ4v) is 4.79. The summed E-state index contributed by atoms with van der Waals surface area (Å²) in [5.74, 6) is -1.02. The molecule has 3 N–H and O–H groups in total. The number of carbonyl (C=O) groups is 3. The summed E-state index contributed by atoms with van der Waals surface area (Å²) in [5, 5.41) is 13.6. The van der Waals surface area contributed by atoms with Crippen LogP contribution in [0.3, 0.4) is 0 Å². The molecule has 0 heterocycles. The van der Waals surface area contributed by atoms with E-state index in [2.05, 4.69) is 20.8 Å². The summed E-state index contributed by atoms with van der Waals surface area (Å²) < 4.78 is 0. The first-order valence-corrected chi connectivity index (χ1v) is 15.9. The third kappa shape index (κ3) is 22.7. The molecular weight excluding hydrogens is 496 g/mol. The predicted octanol–water partition coefficient (Wildman–Crippen LogP) is 8.47. The molecule has 0 fully saturated rings. The van der Waals surface area contributed by atoms with Crippen molar-refractivity contribution in [3.05, 3.63) is 10.1 Å². The molecule has 0 aromatic rings. The summed E-state index contributed by atoms with van der Waals surface area (Å²) in [6.07, 6.45) is 23.8. The van der Waals surface area contributed by atoms with Gasteiger partial charge in [-0.3, -0.25) is 14.4 Å². The lowest BCUT2D eigenvalue weighted by atomic mass is 9.79. The van der Waals surface area contributed by atoms with Crippen LogP contribution in [0.1, 0.15) is 175 Å². The van der Waals surface area contributed by atoms with Crippen molar-refractivity contribution >= 4 is 17.3 Å². The van der Waals surface area contributed by atoms with Crippen LogP contribution in [-0.2, 0) is 14.4 Å². The molecule has 0 aromatic carbocycles. The molecule has 0 amide bonds. The average molecular weight is 557 g/mol. The van der Waals surface area contributed by atoms with Crippen LogP contribution in [-0.4, -0.2) is 33.2 Å². The van der Waals surface area contributed by atoms with Crippen LogP contribution < -0.4 is 5.73 Å². The highest BCUT2D eigenvalue weighted by atomic mass is 16.9. The van der Waals surface area contributed by atoms with Crippen LogP contribution >= 0.6 is 0 Å². The lowest BCUT2D eigenvalue weighted by Crippen LogP contribution is -2.61. The number of carbonyl (C=O) groups excluding carboxylic acids is 3. The first-order valence-electron chi connectivity index (χ1n) is 15.9. The lowest BCUT2D eigenvalue weighted by molar-refractivity contribution is -0.742. The van der Waals surface area contributed by atoms with Crippen molar-refractivity contribution in [3.8, 4) is 0 Å². The molecule has 0 atom stereocenters. The van der Waals surface area contributed by atoms with Gasteiger partial charge >= 0.3 is 0 Å². The summed E-state index contributed by atoms with van der Waals surface area (Å²) in [5.41, 5.74) is 4.51. The average Bonchev–Trinajstić information content (AvgIpc) is 2.90. The van der Waals surface area contributed by atoms with Gasteiger partial charge in [-0.15, -0.1) is 10.1 Å². The van der Waals surface area contributed by atoms with Crippen molar-refractivity contribution in [1.82, 2.24) is 0 Å². The number of unbranched alkanes of at least 4 members (excludes halogenated alkanes) is 18. The van der Waals surface area contributed by atoms with E-state index in [4.69, 9.17) is 21.1 Å². The highest BCUT2D eigenvalue weighted by Gasteiger charge is 2.46. The first kappa shape index (κ1) is 39.3. The van der Waals surface area contributed by atoms with E-state index < -0.39 is 10.6 Å². The van der Waals surface area contributed by atoms with E-state index in [1.165, 1.54) is 77.0 Å². The Bertz CT molecular complexity index is 560. The zero-order valence-corrected chi connectivity index (χ0v) is 25.5. The van der Waals surface area contributed by atoms with E-state index in [9.17, 15) is 14.4 Å². The van der Waals surface area contributed by atoms with Crippen molar-refractivity contribution in [2.45, 2.75) is 180 Å². The topological polar surface area (TPSA) is 141 Å². The zero-order valence-electron chi connectivity index (χ0n) is 25.5. The number of hydrogen-bond acceptors (Lipinski definition) is 6. The SMILES string of the molecule is CCCCCCCCCC(=O)C(N)(C(=O)CCCCCCCCC)C(=O)CCCCCCCCC.O=[N+]([O-])O. The molecule has 0 saturated heterocycles. The van der Waals surface area contributed by atoms with Gasteiger partial charge in [0.05, 0.1) is 0 Å². The van der Waals surface area contributed by atoms with Gasteiger partial charge in [0.2, 0.25) is 0 Å². The Balaban J connectivity index is 0. The molecular formula is C31H60N2O6. The number of ketones is 3. The molecule has 230 valence electrons. The van der Waals surface area contributed by atoms with Gasteiger partial charge in [0, 0.05) is 19.3 Å². The smallest absolute Gasteiger partial charge is 0.291 e. The van der Waals surface area contributed by atoms with E-state index in [-0.39, 0.29) is 36.6 Å². The maximum absolute atomic E-state index is 13.1. The minimum absolute atomic E-state index is 0.246. The van der Waals surface area contributed by atoms with E-state index >= 15 is 0 Å². The third-order valence-corrected chi connectivity index (χ3v) is 7.34. The van der Waals surface area contributed by atoms with Crippen molar-refractivity contribution < 1.29 is 24.7 Å². The standard InChI is InChI=1S/C31H59NO3.HNO3/c1-4-7-10-13-16-19-22-25-28(33)31(32,29(34)26-23-20-17-14-11-8-5-2)30(35)27-24-21-18-15-12-9-6-3;2-1(3)4/h4-27,32H2,1-3H3;(H,2,3,4). The van der Waals surface area contributed by atoms with Crippen LogP contribution in [0.5, 0.6) is 0 Å². The first-order chi connectivity index (χ1) is 18.7. The summed E-state index contributed by atoms with van der Waals surface area (Å²) in [6, 6.07) is 0. The van der Waals surface area contributed by atoms with E-state index in [0.717, 1.165) is 57.8 Å². The molecule has 0 aliphatic carbocycles. The minimum atomic E-state index is -1.91. The van der Waals surface area contributed by atoms with Crippen molar-refractivity contribution in [3.63, 3.8) is 0 Å². The number of rotatable bonds is 27. The molecule has 0 bridgehead atoms. The maximum Gasteiger partial charge on any atom is 0.291 e. The Labute approximate surface area is 238 Å². The number of nitrogens with two attached hydrogens (primary N) is 1. The molecule has 8 heteroatoms. The van der Waals surface area contributed by atoms with E-state index in [0.29, 0.717) is 0 Å². The number of nitrogens with zero attached hydrogens (tertiary/aromatic N) is 1. The van der Waals surface area contributed by atoms with Crippen LogP contribution in [0.2, 0.25) is 0 Å². The quantitative estimate of drug-likeness (QED) is 0.0447. The van der Waals surface area contributed by atoms with E-state index in [1.807, 2.05) is 0 Å². The molecule has 0 aromatic heterocycles. The molecule has 8 nitrogen and oxygen atoms in total. The molecule has 0 rings (SSSR count). The Kier molecular flexibility index (Phi) is 27.9. The van der Waals surface area contributed by atoms with Gasteiger partial charge in [-0.05, 0) is 19.3 Å². The normalized spacial score (nSPS) is 11.1. The molecule has 0 radical (unpaired) electrons. The molecule has 0 unspecified atom stereocenters. The number of hydrogen-bond donors (Lipinski definition) is 2. The van der Waals surface area contributed by atoms with Gasteiger partial charge in [-0.2, -0.15) is 0 Å². The molecule has 0 aliphatic rings. The fourth-order valence-electron chi connectivity index (χ4n) is 4.79. The highest BCUT2D eigenvalue weighted by Crippen LogP contribution is 2.21. The van der Waals surface area contributed by atoms with Crippen LogP contribution in [0.4, 0.5) is 0 Å². The second-order valence-corrected chi connectivity index (χ2v) is 10.9. The fraction of sp³-hybridized carbons (Fsp3) is 0.903. The minimum Gasteiger partial charge on any atom is -0.328 e. The predicted molar refractivity (Wildman–Crippen MR) is 159 cm³/mol. The Hall–Kier alpha value is -1.83. The molecule has 0 spiro atoms. The van der Waals surface area contributed by atoms with Crippen molar-refractivity contribution in [1.29, 1.82) is 0 Å². The molecule has 0 saturated carbocycles. The van der Waals surface area contributed by atoms with Gasteiger partial charge < -0.3 is 10.9 Å². The van der Waals surface area contributed by atoms with Gasteiger partial charge in [0.25, 0.3) is 5.09 Å². The summed E-state index contributed by atoms with van der Waals surface area (Å²) in [6.45, 7) is 6.60. The van der Waals surface area contributed by atoms with Gasteiger partial charge in [0.15, 0.2) is 22.9 Å². The second kappa shape index (κ2) is 27.7. The van der Waals surface area contributed by atoms with Crippen LogP contribution in [0, 0.1) is 10.1 Å². The largest absolute Gasteiger partial charge is 0.328 e. The summed E-state index contributed by atoms with van der Waals surface area (Å²) in [4.78, 5) is 47.8. The Morgan fingerprint density at radius 3 is 0.923 bits per heavy atom. The third-order valence-electron chi connectivity index (χ3n) is 7.34. The Morgan fingerprint density at radius 1 is 0.538 bits per heavy atom. The molecule has 0 aliphatic heterocycles. The lowest BCUT2D eigenvalue weighted by Gasteiger charge is -2.25.